The quantitative estimate of drug-likeness (QED) is 0.724. The molecule has 18 heavy (non-hydrogen) atoms. The van der Waals surface area contributed by atoms with Crippen LogP contribution in [0, 0.1) is 5.82 Å². The van der Waals surface area contributed by atoms with Crippen molar-refractivity contribution in [3.05, 3.63) is 35.6 Å². The van der Waals surface area contributed by atoms with Gasteiger partial charge in [0.25, 0.3) is 0 Å². The Balaban J connectivity index is 2.31. The molecular formula is C13H19FN2O2. The highest BCUT2D eigenvalue weighted by Crippen LogP contribution is 2.05. The monoisotopic (exact) mass is 254 g/mol. The van der Waals surface area contributed by atoms with Crippen LogP contribution in [0.3, 0.4) is 0 Å². The molecule has 0 radical (unpaired) electrons. The van der Waals surface area contributed by atoms with E-state index in [-0.39, 0.29) is 31.0 Å². The molecule has 0 fully saturated rings. The molecule has 0 heterocycles. The molecule has 3 N–H and O–H groups in total. The predicted octanol–water partition coefficient (Wildman–Crippen LogP) is 1.79. The Bertz CT molecular complexity index is 385. The predicted molar refractivity (Wildman–Crippen MR) is 67.6 cm³/mol. The highest BCUT2D eigenvalue weighted by atomic mass is 19.1. The minimum absolute atomic E-state index is 0.0160. The second kappa shape index (κ2) is 7.66. The summed E-state index contributed by atoms with van der Waals surface area (Å²) < 4.78 is 13.3. The maximum Gasteiger partial charge on any atom is 0.315 e. The van der Waals surface area contributed by atoms with Crippen LogP contribution in [0.1, 0.15) is 25.3 Å². The number of hydrogen-bond acceptors (Lipinski definition) is 2. The standard InChI is InChI=1S/C13H19FN2O2/c1-10(5-4-8-17)16-13(18)15-9-11-6-2-3-7-12(11)14/h2-3,6-7,10,17H,4-5,8-9H2,1H3,(H2,15,16,18). The van der Waals surface area contributed by atoms with Gasteiger partial charge in [0.2, 0.25) is 0 Å². The summed E-state index contributed by atoms with van der Waals surface area (Å²) in [6.45, 7) is 2.13. The Morgan fingerprint density at radius 1 is 1.44 bits per heavy atom. The number of aliphatic hydroxyl groups excluding tert-OH is 1. The molecule has 0 aromatic heterocycles. The van der Waals surface area contributed by atoms with Crippen molar-refractivity contribution < 1.29 is 14.3 Å². The smallest absolute Gasteiger partial charge is 0.315 e. The van der Waals surface area contributed by atoms with Crippen LogP contribution in [0.15, 0.2) is 24.3 Å². The normalized spacial score (nSPS) is 11.9. The average Bonchev–Trinajstić information content (AvgIpc) is 2.35. The number of aliphatic hydroxyl groups is 1. The van der Waals surface area contributed by atoms with Crippen molar-refractivity contribution in [1.29, 1.82) is 0 Å². The lowest BCUT2D eigenvalue weighted by Crippen LogP contribution is -2.40. The molecule has 1 unspecified atom stereocenters. The molecule has 0 aliphatic rings. The highest BCUT2D eigenvalue weighted by Gasteiger charge is 2.07. The minimum Gasteiger partial charge on any atom is -0.396 e. The van der Waals surface area contributed by atoms with Crippen LogP contribution in [-0.2, 0) is 6.54 Å². The Morgan fingerprint density at radius 3 is 2.83 bits per heavy atom. The Morgan fingerprint density at radius 2 is 2.17 bits per heavy atom. The molecule has 1 aromatic rings. The van der Waals surface area contributed by atoms with Crippen LogP contribution in [0.5, 0.6) is 0 Å². The van der Waals surface area contributed by atoms with Gasteiger partial charge in [-0.1, -0.05) is 18.2 Å². The average molecular weight is 254 g/mol. The second-order valence-electron chi connectivity index (χ2n) is 4.19. The van der Waals surface area contributed by atoms with E-state index in [1.807, 2.05) is 6.92 Å². The topological polar surface area (TPSA) is 61.4 Å². The Hall–Kier alpha value is -1.62. The third-order valence-electron chi connectivity index (χ3n) is 2.57. The van der Waals surface area contributed by atoms with E-state index in [0.717, 1.165) is 0 Å². The summed E-state index contributed by atoms with van der Waals surface area (Å²) in [6.07, 6.45) is 1.36. The summed E-state index contributed by atoms with van der Waals surface area (Å²) in [7, 11) is 0. The van der Waals surface area contributed by atoms with Gasteiger partial charge in [-0.2, -0.15) is 0 Å². The van der Waals surface area contributed by atoms with E-state index in [0.29, 0.717) is 18.4 Å². The Kier molecular flexibility index (Phi) is 6.14. The number of urea groups is 1. The van der Waals surface area contributed by atoms with E-state index in [4.69, 9.17) is 5.11 Å². The third kappa shape index (κ3) is 5.14. The zero-order valence-electron chi connectivity index (χ0n) is 10.4. The molecule has 1 aromatic carbocycles. The number of benzene rings is 1. The van der Waals surface area contributed by atoms with Gasteiger partial charge in [0, 0.05) is 24.8 Å². The zero-order valence-corrected chi connectivity index (χ0v) is 10.4. The van der Waals surface area contributed by atoms with Crippen LogP contribution >= 0.6 is 0 Å². The lowest BCUT2D eigenvalue weighted by molar-refractivity contribution is 0.234. The fourth-order valence-electron chi connectivity index (χ4n) is 1.56. The molecule has 1 atom stereocenters. The van der Waals surface area contributed by atoms with Gasteiger partial charge in [0.1, 0.15) is 5.82 Å². The van der Waals surface area contributed by atoms with Crippen LogP contribution in [0.4, 0.5) is 9.18 Å². The van der Waals surface area contributed by atoms with E-state index in [9.17, 15) is 9.18 Å². The Labute approximate surface area is 106 Å². The number of carbonyl (C=O) groups excluding carboxylic acids is 1. The lowest BCUT2D eigenvalue weighted by Gasteiger charge is -2.14. The second-order valence-corrected chi connectivity index (χ2v) is 4.19. The summed E-state index contributed by atoms with van der Waals surface area (Å²) in [6, 6.07) is 5.97. The number of hydrogen-bond donors (Lipinski definition) is 3. The molecule has 0 spiro atoms. The SMILES string of the molecule is CC(CCCO)NC(=O)NCc1ccccc1F. The van der Waals surface area contributed by atoms with Gasteiger partial charge in [-0.25, -0.2) is 9.18 Å². The maximum absolute atomic E-state index is 13.3. The van der Waals surface area contributed by atoms with Gasteiger partial charge in [0.15, 0.2) is 0 Å². The van der Waals surface area contributed by atoms with Crippen molar-refractivity contribution in [3.8, 4) is 0 Å². The first kappa shape index (κ1) is 14.4. The van der Waals surface area contributed by atoms with Crippen molar-refractivity contribution in [2.45, 2.75) is 32.4 Å². The summed E-state index contributed by atoms with van der Waals surface area (Å²) in [5, 5.41) is 14.0. The minimum atomic E-state index is -0.330. The van der Waals surface area contributed by atoms with E-state index in [1.54, 1.807) is 18.2 Å². The van der Waals surface area contributed by atoms with Crippen molar-refractivity contribution >= 4 is 6.03 Å². The van der Waals surface area contributed by atoms with E-state index in [1.165, 1.54) is 6.07 Å². The summed E-state index contributed by atoms with van der Waals surface area (Å²) in [5.74, 6) is -0.328. The van der Waals surface area contributed by atoms with Crippen molar-refractivity contribution in [3.63, 3.8) is 0 Å². The zero-order chi connectivity index (χ0) is 13.4. The number of halogens is 1. The first-order chi connectivity index (χ1) is 8.63. The van der Waals surface area contributed by atoms with Gasteiger partial charge in [-0.05, 0) is 25.8 Å². The summed E-state index contributed by atoms with van der Waals surface area (Å²) >= 11 is 0. The van der Waals surface area contributed by atoms with Crippen LogP contribution in [0.25, 0.3) is 0 Å². The number of carbonyl (C=O) groups is 1. The van der Waals surface area contributed by atoms with Gasteiger partial charge < -0.3 is 15.7 Å². The van der Waals surface area contributed by atoms with Crippen LogP contribution in [0.2, 0.25) is 0 Å². The fourth-order valence-corrected chi connectivity index (χ4v) is 1.56. The molecule has 2 amide bonds. The van der Waals surface area contributed by atoms with Crippen molar-refractivity contribution in [2.24, 2.45) is 0 Å². The molecule has 0 aliphatic heterocycles. The molecule has 1 rings (SSSR count). The van der Waals surface area contributed by atoms with Gasteiger partial charge >= 0.3 is 6.03 Å². The number of nitrogens with one attached hydrogen (secondary N) is 2. The van der Waals surface area contributed by atoms with Gasteiger partial charge in [-0.3, -0.25) is 0 Å². The largest absolute Gasteiger partial charge is 0.396 e. The van der Waals surface area contributed by atoms with Gasteiger partial charge in [0.05, 0.1) is 0 Å². The first-order valence-electron chi connectivity index (χ1n) is 6.02. The first-order valence-corrected chi connectivity index (χ1v) is 6.02. The highest BCUT2D eigenvalue weighted by molar-refractivity contribution is 5.74. The maximum atomic E-state index is 13.3. The molecule has 100 valence electrons. The van der Waals surface area contributed by atoms with E-state index < -0.39 is 0 Å². The summed E-state index contributed by atoms with van der Waals surface area (Å²) in [5.41, 5.74) is 0.454. The van der Waals surface area contributed by atoms with Crippen LogP contribution < -0.4 is 10.6 Å². The van der Waals surface area contributed by atoms with Crippen molar-refractivity contribution in [2.75, 3.05) is 6.61 Å². The lowest BCUT2D eigenvalue weighted by atomic mass is 10.2. The molecule has 5 heteroatoms. The molecule has 4 nitrogen and oxygen atoms in total. The molecular weight excluding hydrogens is 235 g/mol. The molecule has 0 bridgehead atoms. The molecule has 0 saturated heterocycles. The van der Waals surface area contributed by atoms with E-state index in [2.05, 4.69) is 10.6 Å². The summed E-state index contributed by atoms with van der Waals surface area (Å²) in [4.78, 5) is 11.5. The fraction of sp³-hybridized carbons (Fsp3) is 0.462. The van der Waals surface area contributed by atoms with Crippen molar-refractivity contribution in [1.82, 2.24) is 10.6 Å². The molecule has 0 aliphatic carbocycles. The third-order valence-corrected chi connectivity index (χ3v) is 2.57. The number of amides is 2. The van der Waals surface area contributed by atoms with E-state index >= 15 is 0 Å². The molecule has 0 saturated carbocycles. The van der Waals surface area contributed by atoms with Gasteiger partial charge in [-0.15, -0.1) is 0 Å². The number of rotatable bonds is 6. The van der Waals surface area contributed by atoms with Crippen LogP contribution in [-0.4, -0.2) is 23.8 Å².